The molecule has 0 aliphatic carbocycles. The van der Waals surface area contributed by atoms with Gasteiger partial charge >= 0.3 is 0 Å². The minimum atomic E-state index is 0.644. The quantitative estimate of drug-likeness (QED) is 0.186. The lowest BCUT2D eigenvalue weighted by Gasteiger charge is -2.13. The van der Waals surface area contributed by atoms with E-state index in [4.69, 9.17) is 15.0 Å². The van der Waals surface area contributed by atoms with Crippen molar-refractivity contribution in [2.75, 3.05) is 0 Å². The summed E-state index contributed by atoms with van der Waals surface area (Å²) in [6, 6.07) is 62.6. The van der Waals surface area contributed by atoms with Gasteiger partial charge < -0.3 is 8.80 Å². The first-order chi connectivity index (χ1) is 26.8. The summed E-state index contributed by atoms with van der Waals surface area (Å²) in [5.41, 5.74) is 9.81. The van der Waals surface area contributed by atoms with Gasteiger partial charge in [0, 0.05) is 49.0 Å². The topological polar surface area (TPSA) is 47.5 Å². The van der Waals surface area contributed by atoms with Crippen molar-refractivity contribution < 1.29 is 0 Å². The van der Waals surface area contributed by atoms with E-state index < -0.39 is 0 Å². The van der Waals surface area contributed by atoms with Gasteiger partial charge in [-0.2, -0.15) is 0 Å². The maximum atomic E-state index is 5.23. The van der Waals surface area contributed by atoms with Crippen molar-refractivity contribution in [2.45, 2.75) is 0 Å². The molecule has 8 aromatic carbocycles. The Bertz CT molecular complexity index is 3430. The van der Waals surface area contributed by atoms with Crippen LogP contribution in [0.15, 0.2) is 176 Å². The Kier molecular flexibility index (Phi) is 5.99. The van der Waals surface area contributed by atoms with Gasteiger partial charge in [-0.25, -0.2) is 15.0 Å². The summed E-state index contributed by atoms with van der Waals surface area (Å²) in [5.74, 6) is 1.94. The van der Waals surface area contributed by atoms with E-state index >= 15 is 0 Å². The molecule has 250 valence electrons. The van der Waals surface area contributed by atoms with E-state index in [-0.39, 0.29) is 0 Å². The van der Waals surface area contributed by atoms with Crippen LogP contribution in [0.5, 0.6) is 0 Å². The van der Waals surface area contributed by atoms with Gasteiger partial charge in [0.05, 0.1) is 33.1 Å². The molecule has 0 bridgehead atoms. The molecule has 0 saturated heterocycles. The van der Waals surface area contributed by atoms with Crippen molar-refractivity contribution >= 4 is 76.2 Å². The number of para-hydroxylation sites is 3. The number of hydrogen-bond acceptors (Lipinski definition) is 3. The van der Waals surface area contributed by atoms with Crippen LogP contribution >= 0.6 is 0 Å². The molecule has 0 radical (unpaired) electrons. The van der Waals surface area contributed by atoms with Crippen molar-refractivity contribution in [3.05, 3.63) is 176 Å². The molecule has 0 unspecified atom stereocenters. The molecule has 4 aromatic heterocycles. The van der Waals surface area contributed by atoms with Crippen LogP contribution in [0.1, 0.15) is 0 Å². The molecular weight excluding hydrogens is 659 g/mol. The molecule has 0 aliphatic heterocycles. The van der Waals surface area contributed by atoms with Crippen LogP contribution in [-0.2, 0) is 0 Å². The second-order valence-corrected chi connectivity index (χ2v) is 14.0. The van der Waals surface area contributed by atoms with Gasteiger partial charge in [0.15, 0.2) is 17.5 Å². The van der Waals surface area contributed by atoms with E-state index in [2.05, 4.69) is 148 Å². The Labute approximate surface area is 309 Å². The van der Waals surface area contributed by atoms with Crippen molar-refractivity contribution in [3.8, 4) is 34.2 Å². The van der Waals surface area contributed by atoms with Gasteiger partial charge in [-0.3, -0.25) is 0 Å². The van der Waals surface area contributed by atoms with E-state index in [0.717, 1.165) is 54.9 Å². The zero-order valence-electron chi connectivity index (χ0n) is 29.0. The predicted octanol–water partition coefficient (Wildman–Crippen LogP) is 12.3. The molecule has 0 fully saturated rings. The third-order valence-corrected chi connectivity index (χ3v) is 11.1. The largest absolute Gasteiger partial charge is 0.307 e. The molecular formula is C49H29N5. The van der Waals surface area contributed by atoms with Gasteiger partial charge in [0.2, 0.25) is 0 Å². The Morgan fingerprint density at radius 2 is 0.833 bits per heavy atom. The average molecular weight is 688 g/mol. The van der Waals surface area contributed by atoms with E-state index in [1.165, 1.54) is 38.0 Å². The average Bonchev–Trinajstić information content (AvgIpc) is 3.77. The van der Waals surface area contributed by atoms with Crippen molar-refractivity contribution in [1.82, 2.24) is 23.8 Å². The lowest BCUT2D eigenvalue weighted by molar-refractivity contribution is 1.08. The Morgan fingerprint density at radius 3 is 1.56 bits per heavy atom. The van der Waals surface area contributed by atoms with Crippen LogP contribution < -0.4 is 0 Å². The standard InChI is InChI=1S/C49H29N5/c1-3-14-30(15-4-1)47-50-48(31-16-5-2-6-17-31)52-49(51-47)38-27-26-36-39-28-32-18-7-8-19-33(32)29-43(39)54-40-23-11-9-20-34(40)35-22-13-25-42(45(35)54)53-41-24-12-10-21-37(41)44(38)46(36)53/h1-29H. The predicted molar refractivity (Wildman–Crippen MR) is 223 cm³/mol. The minimum absolute atomic E-state index is 0.644. The van der Waals surface area contributed by atoms with Crippen LogP contribution in [0.4, 0.5) is 0 Å². The lowest BCUT2D eigenvalue weighted by Crippen LogP contribution is -2.00. The molecule has 0 aliphatic rings. The molecule has 0 spiro atoms. The fourth-order valence-corrected chi connectivity index (χ4v) is 8.74. The fraction of sp³-hybridized carbons (Fsp3) is 0. The highest BCUT2D eigenvalue weighted by Crippen LogP contribution is 2.44. The highest BCUT2D eigenvalue weighted by atomic mass is 15.0. The highest BCUT2D eigenvalue weighted by molar-refractivity contribution is 6.27. The summed E-state index contributed by atoms with van der Waals surface area (Å²) >= 11 is 0. The van der Waals surface area contributed by atoms with Gasteiger partial charge in [0.1, 0.15) is 0 Å². The third kappa shape index (κ3) is 4.06. The highest BCUT2D eigenvalue weighted by Gasteiger charge is 2.23. The molecule has 0 amide bonds. The summed E-state index contributed by atoms with van der Waals surface area (Å²) in [5, 5.41) is 9.48. The first-order valence-electron chi connectivity index (χ1n) is 18.3. The van der Waals surface area contributed by atoms with Crippen LogP contribution in [0, 0.1) is 0 Å². The zero-order valence-corrected chi connectivity index (χ0v) is 29.0. The maximum Gasteiger partial charge on any atom is 0.164 e. The van der Waals surface area contributed by atoms with E-state index in [0.29, 0.717) is 17.5 Å². The number of rotatable bonds is 3. The molecule has 4 heterocycles. The Hall–Kier alpha value is -7.37. The smallest absolute Gasteiger partial charge is 0.164 e. The lowest BCUT2D eigenvalue weighted by atomic mass is 9.99. The van der Waals surface area contributed by atoms with Crippen molar-refractivity contribution in [1.29, 1.82) is 0 Å². The van der Waals surface area contributed by atoms with Gasteiger partial charge in [-0.05, 0) is 47.2 Å². The molecule has 0 atom stereocenters. The number of benzene rings is 8. The third-order valence-electron chi connectivity index (χ3n) is 11.1. The number of nitrogens with zero attached hydrogens (tertiary/aromatic N) is 5. The SMILES string of the molecule is c1ccc(-c2nc(-c3ccccc3)nc(-c3ccc4c5cc6ccccc6cc5n5c6ccccc6c6cccc(c65)n5c6ccccc6c3c45)n2)cc1. The van der Waals surface area contributed by atoms with E-state index in [9.17, 15) is 0 Å². The van der Waals surface area contributed by atoms with Crippen molar-refractivity contribution in [2.24, 2.45) is 0 Å². The molecule has 5 heteroatoms. The Balaban J connectivity index is 1.33. The number of fused-ring (bicyclic) bond motifs is 11. The zero-order chi connectivity index (χ0) is 35.3. The second-order valence-electron chi connectivity index (χ2n) is 14.0. The monoisotopic (exact) mass is 687 g/mol. The van der Waals surface area contributed by atoms with Crippen LogP contribution in [0.3, 0.4) is 0 Å². The van der Waals surface area contributed by atoms with Gasteiger partial charge in [0.25, 0.3) is 0 Å². The number of hydrogen-bond donors (Lipinski definition) is 0. The first kappa shape index (κ1) is 29.2. The first-order valence-corrected chi connectivity index (χ1v) is 18.3. The minimum Gasteiger partial charge on any atom is -0.307 e. The van der Waals surface area contributed by atoms with Gasteiger partial charge in [-0.1, -0.05) is 140 Å². The summed E-state index contributed by atoms with van der Waals surface area (Å²) in [6.45, 7) is 0. The van der Waals surface area contributed by atoms with E-state index in [1.807, 2.05) is 36.4 Å². The summed E-state index contributed by atoms with van der Waals surface area (Å²) in [6.07, 6.45) is 0. The van der Waals surface area contributed by atoms with Crippen molar-refractivity contribution in [3.63, 3.8) is 0 Å². The molecule has 54 heavy (non-hydrogen) atoms. The van der Waals surface area contributed by atoms with E-state index in [1.54, 1.807) is 0 Å². The second kappa shape index (κ2) is 11.1. The molecule has 12 rings (SSSR count). The number of aromatic nitrogens is 5. The normalized spacial score (nSPS) is 12.1. The maximum absolute atomic E-state index is 5.23. The fourth-order valence-electron chi connectivity index (χ4n) is 8.74. The molecule has 0 N–H and O–H groups in total. The van der Waals surface area contributed by atoms with Crippen LogP contribution in [0.25, 0.3) is 110 Å². The van der Waals surface area contributed by atoms with Crippen LogP contribution in [-0.4, -0.2) is 23.8 Å². The summed E-state index contributed by atoms with van der Waals surface area (Å²) in [7, 11) is 0. The summed E-state index contributed by atoms with van der Waals surface area (Å²) < 4.78 is 4.97. The molecule has 12 aromatic rings. The summed E-state index contributed by atoms with van der Waals surface area (Å²) in [4.78, 5) is 15.5. The molecule has 5 nitrogen and oxygen atoms in total. The van der Waals surface area contributed by atoms with Gasteiger partial charge in [-0.15, -0.1) is 0 Å². The molecule has 0 saturated carbocycles. The van der Waals surface area contributed by atoms with Crippen LogP contribution in [0.2, 0.25) is 0 Å². The Morgan fingerprint density at radius 1 is 0.315 bits per heavy atom.